The van der Waals surface area contributed by atoms with Crippen molar-refractivity contribution >= 4 is 40.4 Å². The SMILES string of the molecule is COc1ccc(NC2=C(c3ccc(Cl)cc3)C(=O)N(c3cc(C)cc(C)c3)C2=O)c(OC)c1. The number of nitrogens with one attached hydrogen (secondary N) is 1. The summed E-state index contributed by atoms with van der Waals surface area (Å²) in [7, 11) is 3.09. The van der Waals surface area contributed by atoms with Gasteiger partial charge in [-0.1, -0.05) is 29.8 Å². The highest BCUT2D eigenvalue weighted by molar-refractivity contribution is 6.46. The lowest BCUT2D eigenvalue weighted by molar-refractivity contribution is -0.120. The summed E-state index contributed by atoms with van der Waals surface area (Å²) in [4.78, 5) is 28.4. The Balaban J connectivity index is 1.85. The van der Waals surface area contributed by atoms with Gasteiger partial charge < -0.3 is 14.8 Å². The van der Waals surface area contributed by atoms with E-state index >= 15 is 0 Å². The van der Waals surface area contributed by atoms with Crippen molar-refractivity contribution < 1.29 is 19.1 Å². The van der Waals surface area contributed by atoms with Crippen LogP contribution in [0.15, 0.2) is 66.4 Å². The van der Waals surface area contributed by atoms with Gasteiger partial charge in [-0.25, -0.2) is 4.90 Å². The smallest absolute Gasteiger partial charge is 0.282 e. The Bertz CT molecular complexity index is 1260. The number of hydrogen-bond acceptors (Lipinski definition) is 5. The number of carbonyl (C=O) groups excluding carboxylic acids is 2. The largest absolute Gasteiger partial charge is 0.497 e. The Labute approximate surface area is 197 Å². The standard InChI is InChI=1S/C26H23ClN2O4/c1-15-11-16(2)13-19(12-15)29-25(30)23(17-5-7-18(27)8-6-17)24(26(29)31)28-21-10-9-20(32-3)14-22(21)33-4/h5-14,28H,1-4H3. The van der Waals surface area contributed by atoms with E-state index in [2.05, 4.69) is 5.32 Å². The summed E-state index contributed by atoms with van der Waals surface area (Å²) >= 11 is 6.05. The van der Waals surface area contributed by atoms with Gasteiger partial charge in [0.1, 0.15) is 17.2 Å². The molecule has 168 valence electrons. The van der Waals surface area contributed by atoms with E-state index in [-0.39, 0.29) is 11.3 Å². The topological polar surface area (TPSA) is 67.9 Å². The third-order valence-electron chi connectivity index (χ3n) is 5.35. The van der Waals surface area contributed by atoms with Crippen molar-refractivity contribution in [2.45, 2.75) is 13.8 Å². The quantitative estimate of drug-likeness (QED) is 0.499. The predicted octanol–water partition coefficient (Wildman–Crippen LogP) is 5.37. The van der Waals surface area contributed by atoms with Crippen molar-refractivity contribution in [3.63, 3.8) is 0 Å². The lowest BCUT2D eigenvalue weighted by Gasteiger charge is -2.17. The Morgan fingerprint density at radius 2 is 1.48 bits per heavy atom. The van der Waals surface area contributed by atoms with Gasteiger partial charge in [-0.15, -0.1) is 0 Å². The Kier molecular flexibility index (Phi) is 6.11. The van der Waals surface area contributed by atoms with E-state index in [1.54, 1.807) is 49.6 Å². The zero-order valence-corrected chi connectivity index (χ0v) is 19.5. The molecule has 4 rings (SSSR count). The maximum absolute atomic E-state index is 13.6. The van der Waals surface area contributed by atoms with Gasteiger partial charge in [0.15, 0.2) is 0 Å². The molecule has 1 heterocycles. The number of carbonyl (C=O) groups is 2. The lowest BCUT2D eigenvalue weighted by atomic mass is 10.0. The fraction of sp³-hybridized carbons (Fsp3) is 0.154. The molecule has 3 aromatic carbocycles. The molecule has 7 heteroatoms. The van der Waals surface area contributed by atoms with Crippen LogP contribution < -0.4 is 19.7 Å². The Morgan fingerprint density at radius 3 is 2.09 bits per heavy atom. The Morgan fingerprint density at radius 1 is 0.818 bits per heavy atom. The number of hydrogen-bond donors (Lipinski definition) is 1. The molecular weight excluding hydrogens is 440 g/mol. The first-order chi connectivity index (χ1) is 15.8. The minimum Gasteiger partial charge on any atom is -0.497 e. The highest BCUT2D eigenvalue weighted by Crippen LogP contribution is 2.37. The molecule has 3 aromatic rings. The number of imide groups is 1. The monoisotopic (exact) mass is 462 g/mol. The summed E-state index contributed by atoms with van der Waals surface area (Å²) in [5.74, 6) is 0.215. The molecule has 0 saturated heterocycles. The lowest BCUT2D eigenvalue weighted by Crippen LogP contribution is -2.32. The van der Waals surface area contributed by atoms with Crippen molar-refractivity contribution in [1.29, 1.82) is 0 Å². The van der Waals surface area contributed by atoms with Crippen molar-refractivity contribution in [1.82, 2.24) is 0 Å². The second-order valence-corrected chi connectivity index (χ2v) is 8.18. The first-order valence-corrected chi connectivity index (χ1v) is 10.7. The van der Waals surface area contributed by atoms with Gasteiger partial charge in [-0.05, 0) is 66.9 Å². The first kappa shape index (κ1) is 22.4. The summed E-state index contributed by atoms with van der Waals surface area (Å²) in [6.45, 7) is 3.85. The van der Waals surface area contributed by atoms with Crippen LogP contribution in [-0.2, 0) is 9.59 Å². The van der Waals surface area contributed by atoms with Crippen LogP contribution in [0.4, 0.5) is 11.4 Å². The molecular formula is C26H23ClN2O4. The highest BCUT2D eigenvalue weighted by Gasteiger charge is 2.40. The number of halogens is 1. The van der Waals surface area contributed by atoms with Crippen molar-refractivity contribution in [2.75, 3.05) is 24.4 Å². The number of benzene rings is 3. The van der Waals surface area contributed by atoms with Gasteiger partial charge in [-0.2, -0.15) is 0 Å². The zero-order chi connectivity index (χ0) is 23.7. The van der Waals surface area contributed by atoms with Crippen LogP contribution in [0, 0.1) is 13.8 Å². The van der Waals surface area contributed by atoms with Gasteiger partial charge >= 0.3 is 0 Å². The number of aryl methyl sites for hydroxylation is 2. The van der Waals surface area contributed by atoms with Gasteiger partial charge in [0.25, 0.3) is 11.8 Å². The van der Waals surface area contributed by atoms with E-state index in [0.29, 0.717) is 33.5 Å². The summed E-state index contributed by atoms with van der Waals surface area (Å²) in [5, 5.41) is 3.67. The fourth-order valence-corrected chi connectivity index (χ4v) is 4.01. The van der Waals surface area contributed by atoms with Crippen LogP contribution in [0.25, 0.3) is 5.57 Å². The average Bonchev–Trinajstić information content (AvgIpc) is 3.03. The van der Waals surface area contributed by atoms with E-state index in [4.69, 9.17) is 21.1 Å². The van der Waals surface area contributed by atoms with Crippen molar-refractivity contribution in [3.05, 3.63) is 88.1 Å². The van der Waals surface area contributed by atoms with Gasteiger partial charge in [0, 0.05) is 11.1 Å². The number of nitrogens with zero attached hydrogens (tertiary/aromatic N) is 1. The molecule has 0 saturated carbocycles. The van der Waals surface area contributed by atoms with Crippen LogP contribution in [0.2, 0.25) is 5.02 Å². The summed E-state index contributed by atoms with van der Waals surface area (Å²) in [5.41, 5.74) is 3.96. The van der Waals surface area contributed by atoms with E-state index in [0.717, 1.165) is 11.1 Å². The van der Waals surface area contributed by atoms with Crippen LogP contribution >= 0.6 is 11.6 Å². The number of methoxy groups -OCH3 is 2. The Hall–Kier alpha value is -3.77. The zero-order valence-electron chi connectivity index (χ0n) is 18.7. The summed E-state index contributed by atoms with van der Waals surface area (Å²) in [6, 6.07) is 17.6. The third-order valence-corrected chi connectivity index (χ3v) is 5.60. The second-order valence-electron chi connectivity index (χ2n) is 7.74. The summed E-state index contributed by atoms with van der Waals surface area (Å²) < 4.78 is 10.7. The molecule has 1 aliphatic rings. The van der Waals surface area contributed by atoms with Gasteiger partial charge in [-0.3, -0.25) is 9.59 Å². The maximum Gasteiger partial charge on any atom is 0.282 e. The fourth-order valence-electron chi connectivity index (χ4n) is 3.88. The maximum atomic E-state index is 13.6. The number of ether oxygens (including phenoxy) is 2. The third kappa shape index (κ3) is 4.30. The predicted molar refractivity (Wildman–Crippen MR) is 130 cm³/mol. The summed E-state index contributed by atoms with van der Waals surface area (Å²) in [6.07, 6.45) is 0. The minimum absolute atomic E-state index is 0.157. The van der Waals surface area contributed by atoms with Crippen LogP contribution in [-0.4, -0.2) is 26.0 Å². The minimum atomic E-state index is -0.451. The molecule has 0 radical (unpaired) electrons. The number of anilines is 2. The van der Waals surface area contributed by atoms with Crippen molar-refractivity contribution in [3.8, 4) is 11.5 Å². The molecule has 0 spiro atoms. The molecule has 0 aromatic heterocycles. The van der Waals surface area contributed by atoms with Crippen molar-refractivity contribution in [2.24, 2.45) is 0 Å². The molecule has 2 amide bonds. The molecule has 33 heavy (non-hydrogen) atoms. The van der Waals surface area contributed by atoms with Crippen LogP contribution in [0.1, 0.15) is 16.7 Å². The van der Waals surface area contributed by atoms with E-state index in [9.17, 15) is 9.59 Å². The second kappa shape index (κ2) is 9.00. The van der Waals surface area contributed by atoms with Crippen LogP contribution in [0.3, 0.4) is 0 Å². The molecule has 1 aliphatic heterocycles. The first-order valence-electron chi connectivity index (χ1n) is 10.3. The van der Waals surface area contributed by atoms with Gasteiger partial charge in [0.05, 0.1) is 31.2 Å². The molecule has 0 atom stereocenters. The molecule has 0 aliphatic carbocycles. The van der Waals surface area contributed by atoms with Crippen LogP contribution in [0.5, 0.6) is 11.5 Å². The van der Waals surface area contributed by atoms with E-state index in [1.165, 1.54) is 12.0 Å². The molecule has 0 bridgehead atoms. The number of rotatable bonds is 6. The van der Waals surface area contributed by atoms with E-state index in [1.807, 2.05) is 32.0 Å². The molecule has 0 unspecified atom stereocenters. The average molecular weight is 463 g/mol. The normalized spacial score (nSPS) is 13.5. The highest BCUT2D eigenvalue weighted by atomic mass is 35.5. The molecule has 6 nitrogen and oxygen atoms in total. The van der Waals surface area contributed by atoms with E-state index < -0.39 is 11.8 Å². The number of amides is 2. The molecule has 0 fully saturated rings. The van der Waals surface area contributed by atoms with Gasteiger partial charge in [0.2, 0.25) is 0 Å². The molecule has 1 N–H and O–H groups in total.